The Bertz CT molecular complexity index is 515. The summed E-state index contributed by atoms with van der Waals surface area (Å²) in [4.78, 5) is 0. The minimum atomic E-state index is -0.788. The second kappa shape index (κ2) is 5.50. The van der Waals surface area contributed by atoms with Gasteiger partial charge in [-0.05, 0) is 40.7 Å². The van der Waals surface area contributed by atoms with Crippen molar-refractivity contribution in [2.24, 2.45) is 0 Å². The monoisotopic (exact) mass is 296 g/mol. The van der Waals surface area contributed by atoms with Gasteiger partial charge in [0.1, 0.15) is 5.75 Å². The van der Waals surface area contributed by atoms with E-state index >= 15 is 0 Å². The molecule has 0 amide bonds. The molecule has 1 saturated heterocycles. The van der Waals surface area contributed by atoms with E-state index in [9.17, 15) is 4.39 Å². The standard InChI is InChI=1S/C15H22BFO4/c1-7-19-12-9-10(18-6)8-11(13(12)17)16-20-14(2,3)15(4,5)21-16/h8-9H,7H2,1-6H3. The van der Waals surface area contributed by atoms with Gasteiger partial charge in [0.25, 0.3) is 0 Å². The molecule has 0 aromatic heterocycles. The van der Waals surface area contributed by atoms with Crippen molar-refractivity contribution < 1.29 is 23.2 Å². The van der Waals surface area contributed by atoms with Crippen molar-refractivity contribution in [3.63, 3.8) is 0 Å². The molecular weight excluding hydrogens is 274 g/mol. The summed E-state index contributed by atoms with van der Waals surface area (Å²) in [5.41, 5.74) is -0.769. The molecular formula is C15H22BFO4. The lowest BCUT2D eigenvalue weighted by Crippen LogP contribution is -2.41. The van der Waals surface area contributed by atoms with Gasteiger partial charge in [0, 0.05) is 11.5 Å². The summed E-state index contributed by atoms with van der Waals surface area (Å²) in [7, 11) is 0.737. The maximum Gasteiger partial charge on any atom is 0.498 e. The van der Waals surface area contributed by atoms with Gasteiger partial charge in [-0.15, -0.1) is 0 Å². The predicted octanol–water partition coefficient (Wildman–Crippen LogP) is 2.53. The molecule has 21 heavy (non-hydrogen) atoms. The van der Waals surface area contributed by atoms with E-state index < -0.39 is 24.1 Å². The van der Waals surface area contributed by atoms with E-state index in [1.165, 1.54) is 13.2 Å². The average molecular weight is 296 g/mol. The molecule has 0 N–H and O–H groups in total. The van der Waals surface area contributed by atoms with Gasteiger partial charge in [-0.3, -0.25) is 0 Å². The zero-order chi connectivity index (χ0) is 15.8. The van der Waals surface area contributed by atoms with Crippen LogP contribution in [-0.2, 0) is 9.31 Å². The van der Waals surface area contributed by atoms with Crippen LogP contribution < -0.4 is 14.9 Å². The van der Waals surface area contributed by atoms with Crippen LogP contribution in [0.2, 0.25) is 0 Å². The van der Waals surface area contributed by atoms with Crippen LogP contribution in [0.3, 0.4) is 0 Å². The highest BCUT2D eigenvalue weighted by Crippen LogP contribution is 2.37. The third kappa shape index (κ3) is 2.87. The number of rotatable bonds is 4. The lowest BCUT2D eigenvalue weighted by Gasteiger charge is -2.32. The highest BCUT2D eigenvalue weighted by Gasteiger charge is 2.52. The van der Waals surface area contributed by atoms with E-state index in [0.29, 0.717) is 12.4 Å². The molecule has 1 heterocycles. The molecule has 0 spiro atoms. The summed E-state index contributed by atoms with van der Waals surface area (Å²) in [5.74, 6) is 0.169. The van der Waals surface area contributed by atoms with Crippen molar-refractivity contribution in [2.75, 3.05) is 13.7 Å². The first kappa shape index (κ1) is 16.1. The number of ether oxygens (including phenoxy) is 2. The molecule has 6 heteroatoms. The molecule has 0 bridgehead atoms. The lowest BCUT2D eigenvalue weighted by atomic mass is 9.78. The Balaban J connectivity index is 2.42. The Hall–Kier alpha value is -1.27. The summed E-state index contributed by atoms with van der Waals surface area (Å²) in [6.07, 6.45) is 0. The van der Waals surface area contributed by atoms with Gasteiger partial charge in [0.15, 0.2) is 11.6 Å². The zero-order valence-electron chi connectivity index (χ0n) is 13.5. The second-order valence-electron chi connectivity index (χ2n) is 6.05. The van der Waals surface area contributed by atoms with Gasteiger partial charge in [0.05, 0.1) is 24.9 Å². The fourth-order valence-electron chi connectivity index (χ4n) is 2.11. The Kier molecular flexibility index (Phi) is 4.22. The van der Waals surface area contributed by atoms with Crippen LogP contribution in [0.25, 0.3) is 0 Å². The van der Waals surface area contributed by atoms with E-state index in [1.54, 1.807) is 13.0 Å². The van der Waals surface area contributed by atoms with Crippen LogP contribution in [-0.4, -0.2) is 32.0 Å². The van der Waals surface area contributed by atoms with Crippen molar-refractivity contribution in [3.05, 3.63) is 17.9 Å². The molecule has 1 aliphatic rings. The zero-order valence-corrected chi connectivity index (χ0v) is 13.5. The highest BCUT2D eigenvalue weighted by molar-refractivity contribution is 6.62. The fourth-order valence-corrected chi connectivity index (χ4v) is 2.11. The van der Waals surface area contributed by atoms with Crippen LogP contribution in [0.1, 0.15) is 34.6 Å². The first-order valence-electron chi connectivity index (χ1n) is 7.07. The topological polar surface area (TPSA) is 36.9 Å². The van der Waals surface area contributed by atoms with E-state index in [0.717, 1.165) is 0 Å². The highest BCUT2D eigenvalue weighted by atomic mass is 19.1. The molecule has 1 aliphatic heterocycles. The summed E-state index contributed by atoms with van der Waals surface area (Å²) in [6.45, 7) is 9.87. The Morgan fingerprint density at radius 1 is 1.14 bits per heavy atom. The number of halogens is 1. The normalized spacial score (nSPS) is 19.7. The first-order valence-corrected chi connectivity index (χ1v) is 7.07. The first-order chi connectivity index (χ1) is 9.71. The molecule has 1 fully saturated rings. The van der Waals surface area contributed by atoms with Crippen LogP contribution in [0.5, 0.6) is 11.5 Å². The van der Waals surface area contributed by atoms with Crippen LogP contribution in [0, 0.1) is 5.82 Å². The predicted molar refractivity (Wildman–Crippen MR) is 79.8 cm³/mol. The number of hydrogen-bond donors (Lipinski definition) is 0. The number of hydrogen-bond acceptors (Lipinski definition) is 4. The van der Waals surface area contributed by atoms with E-state index in [1.807, 2.05) is 27.7 Å². The van der Waals surface area contributed by atoms with Crippen molar-refractivity contribution >= 4 is 12.6 Å². The van der Waals surface area contributed by atoms with E-state index in [-0.39, 0.29) is 11.2 Å². The van der Waals surface area contributed by atoms with Crippen molar-refractivity contribution in [1.82, 2.24) is 0 Å². The van der Waals surface area contributed by atoms with Crippen molar-refractivity contribution in [1.29, 1.82) is 0 Å². The molecule has 116 valence electrons. The lowest BCUT2D eigenvalue weighted by molar-refractivity contribution is 0.00578. The Morgan fingerprint density at radius 3 is 2.19 bits per heavy atom. The second-order valence-corrected chi connectivity index (χ2v) is 6.05. The van der Waals surface area contributed by atoms with Crippen LogP contribution >= 0.6 is 0 Å². The minimum absolute atomic E-state index is 0.140. The van der Waals surface area contributed by atoms with Gasteiger partial charge in [-0.2, -0.15) is 0 Å². The molecule has 0 saturated carbocycles. The van der Waals surface area contributed by atoms with Crippen molar-refractivity contribution in [2.45, 2.75) is 45.8 Å². The Labute approximate surface area is 125 Å². The minimum Gasteiger partial charge on any atom is -0.497 e. The van der Waals surface area contributed by atoms with Gasteiger partial charge < -0.3 is 18.8 Å². The fraction of sp³-hybridized carbons (Fsp3) is 0.600. The molecule has 2 rings (SSSR count). The van der Waals surface area contributed by atoms with E-state index in [4.69, 9.17) is 18.8 Å². The number of benzene rings is 1. The molecule has 1 aromatic carbocycles. The molecule has 0 radical (unpaired) electrons. The molecule has 0 unspecified atom stereocenters. The SMILES string of the molecule is CCOc1cc(OC)cc(B2OC(C)(C)C(C)(C)O2)c1F. The largest absolute Gasteiger partial charge is 0.498 e. The summed E-state index contributed by atoms with van der Waals surface area (Å²) in [6, 6.07) is 3.10. The molecule has 0 atom stereocenters. The summed E-state index contributed by atoms with van der Waals surface area (Å²) >= 11 is 0. The van der Waals surface area contributed by atoms with Gasteiger partial charge >= 0.3 is 7.12 Å². The van der Waals surface area contributed by atoms with Crippen LogP contribution in [0.4, 0.5) is 4.39 Å². The van der Waals surface area contributed by atoms with E-state index in [2.05, 4.69) is 0 Å². The third-order valence-electron chi connectivity index (χ3n) is 4.08. The molecule has 4 nitrogen and oxygen atoms in total. The van der Waals surface area contributed by atoms with Crippen molar-refractivity contribution in [3.8, 4) is 11.5 Å². The van der Waals surface area contributed by atoms with Gasteiger partial charge in [-0.1, -0.05) is 0 Å². The smallest absolute Gasteiger partial charge is 0.497 e. The molecule has 0 aliphatic carbocycles. The Morgan fingerprint density at radius 2 is 1.71 bits per heavy atom. The third-order valence-corrected chi connectivity index (χ3v) is 4.08. The summed E-state index contributed by atoms with van der Waals surface area (Å²) in [5, 5.41) is 0. The average Bonchev–Trinajstić information content (AvgIpc) is 2.61. The van der Waals surface area contributed by atoms with Gasteiger partial charge in [0.2, 0.25) is 0 Å². The maximum absolute atomic E-state index is 14.6. The van der Waals surface area contributed by atoms with Crippen LogP contribution in [0.15, 0.2) is 12.1 Å². The quantitative estimate of drug-likeness (QED) is 0.800. The summed E-state index contributed by atoms with van der Waals surface area (Å²) < 4.78 is 36.9. The van der Waals surface area contributed by atoms with Gasteiger partial charge in [-0.25, -0.2) is 4.39 Å². The molecule has 1 aromatic rings. The number of methoxy groups -OCH3 is 1. The maximum atomic E-state index is 14.6.